The molecule has 0 radical (unpaired) electrons. The van der Waals surface area contributed by atoms with Gasteiger partial charge < -0.3 is 14.7 Å². The Morgan fingerprint density at radius 2 is 2.26 bits per heavy atom. The topological polar surface area (TPSA) is 70.9 Å². The van der Waals surface area contributed by atoms with E-state index in [4.69, 9.17) is 4.42 Å². The van der Waals surface area contributed by atoms with Crippen LogP contribution < -0.4 is 5.32 Å². The number of rotatable bonds is 3. The highest BCUT2D eigenvalue weighted by molar-refractivity contribution is 5.98. The van der Waals surface area contributed by atoms with Gasteiger partial charge in [0.1, 0.15) is 5.58 Å². The summed E-state index contributed by atoms with van der Waals surface area (Å²) in [5, 5.41) is 3.77. The van der Waals surface area contributed by atoms with Crippen LogP contribution in [-0.4, -0.2) is 15.9 Å². The summed E-state index contributed by atoms with van der Waals surface area (Å²) >= 11 is 0. The maximum absolute atomic E-state index is 12.1. The third kappa shape index (κ3) is 2.10. The molecular weight excluding hydrogens is 242 g/mol. The number of hydrogen-bond donors (Lipinski definition) is 2. The van der Waals surface area contributed by atoms with Gasteiger partial charge in [0.25, 0.3) is 5.91 Å². The summed E-state index contributed by atoms with van der Waals surface area (Å²) in [5.41, 5.74) is 2.44. The number of nitrogens with one attached hydrogen (secondary N) is 2. The summed E-state index contributed by atoms with van der Waals surface area (Å²) < 4.78 is 5.59. The summed E-state index contributed by atoms with van der Waals surface area (Å²) in [7, 11) is 0. The number of H-pyrrole nitrogens is 1. The Morgan fingerprint density at radius 3 is 3.00 bits per heavy atom. The van der Waals surface area contributed by atoms with Crippen molar-refractivity contribution in [3.63, 3.8) is 0 Å². The first kappa shape index (κ1) is 11.5. The highest BCUT2D eigenvalue weighted by atomic mass is 16.3. The van der Waals surface area contributed by atoms with Crippen LogP contribution in [0, 0.1) is 6.92 Å². The maximum Gasteiger partial charge on any atom is 0.287 e. The van der Waals surface area contributed by atoms with Gasteiger partial charge in [-0.15, -0.1) is 0 Å². The van der Waals surface area contributed by atoms with Crippen molar-refractivity contribution in [1.82, 2.24) is 15.3 Å². The van der Waals surface area contributed by atoms with Gasteiger partial charge in [-0.05, 0) is 13.0 Å². The molecule has 0 saturated carbocycles. The number of furan rings is 1. The molecule has 96 valence electrons. The number of amides is 1. The lowest BCUT2D eigenvalue weighted by Gasteiger charge is -2.01. The van der Waals surface area contributed by atoms with Crippen LogP contribution in [-0.2, 0) is 6.54 Å². The van der Waals surface area contributed by atoms with Crippen molar-refractivity contribution < 1.29 is 9.21 Å². The number of carbonyl (C=O) groups is 1. The van der Waals surface area contributed by atoms with E-state index in [1.54, 1.807) is 12.5 Å². The first-order chi connectivity index (χ1) is 9.25. The molecule has 19 heavy (non-hydrogen) atoms. The number of aromatic amines is 1. The van der Waals surface area contributed by atoms with Crippen LogP contribution in [0.1, 0.15) is 21.8 Å². The Morgan fingerprint density at radius 1 is 1.42 bits per heavy atom. The van der Waals surface area contributed by atoms with E-state index in [1.807, 2.05) is 31.2 Å². The molecule has 3 rings (SSSR count). The molecule has 0 bridgehead atoms. The minimum atomic E-state index is -0.219. The normalized spacial score (nSPS) is 10.8. The average Bonchev–Trinajstić information content (AvgIpc) is 3.05. The quantitative estimate of drug-likeness (QED) is 0.755. The summed E-state index contributed by atoms with van der Waals surface area (Å²) in [6.45, 7) is 2.28. The van der Waals surface area contributed by atoms with E-state index in [-0.39, 0.29) is 5.91 Å². The molecule has 3 aromatic rings. The Kier molecular flexibility index (Phi) is 2.79. The zero-order valence-electron chi connectivity index (χ0n) is 10.4. The van der Waals surface area contributed by atoms with Crippen molar-refractivity contribution >= 4 is 16.9 Å². The second-order valence-corrected chi connectivity index (χ2v) is 4.31. The fourth-order valence-corrected chi connectivity index (χ4v) is 2.03. The molecular formula is C14H13N3O2. The zero-order chi connectivity index (χ0) is 13.2. The summed E-state index contributed by atoms with van der Waals surface area (Å²) in [4.78, 5) is 18.9. The number of imidazole rings is 1. The van der Waals surface area contributed by atoms with E-state index in [9.17, 15) is 4.79 Å². The largest absolute Gasteiger partial charge is 0.451 e. The van der Waals surface area contributed by atoms with Crippen LogP contribution >= 0.6 is 0 Å². The van der Waals surface area contributed by atoms with E-state index in [0.29, 0.717) is 12.3 Å². The van der Waals surface area contributed by atoms with E-state index >= 15 is 0 Å². The van der Waals surface area contributed by atoms with E-state index in [2.05, 4.69) is 15.3 Å². The van der Waals surface area contributed by atoms with Gasteiger partial charge in [-0.2, -0.15) is 0 Å². The van der Waals surface area contributed by atoms with Crippen molar-refractivity contribution in [2.45, 2.75) is 13.5 Å². The molecule has 0 spiro atoms. The van der Waals surface area contributed by atoms with Crippen LogP contribution in [0.15, 0.2) is 41.2 Å². The Bertz CT molecular complexity index is 713. The molecule has 0 saturated heterocycles. The van der Waals surface area contributed by atoms with Crippen molar-refractivity contribution in [2.24, 2.45) is 0 Å². The third-order valence-corrected chi connectivity index (χ3v) is 3.04. The van der Waals surface area contributed by atoms with Gasteiger partial charge in [-0.25, -0.2) is 4.98 Å². The molecule has 0 aliphatic rings. The molecule has 0 atom stereocenters. The lowest BCUT2D eigenvalue weighted by molar-refractivity contribution is 0.0924. The number of para-hydroxylation sites is 1. The van der Waals surface area contributed by atoms with E-state index in [1.165, 1.54) is 0 Å². The molecule has 0 unspecified atom stereocenters. The number of fused-ring (bicyclic) bond motifs is 1. The number of nitrogens with zero attached hydrogens (tertiary/aromatic N) is 1. The van der Waals surface area contributed by atoms with Gasteiger partial charge >= 0.3 is 0 Å². The second-order valence-electron chi connectivity index (χ2n) is 4.31. The lowest BCUT2D eigenvalue weighted by Crippen LogP contribution is -2.23. The van der Waals surface area contributed by atoms with Crippen molar-refractivity contribution in [2.75, 3.05) is 0 Å². The van der Waals surface area contributed by atoms with Crippen LogP contribution in [0.25, 0.3) is 11.0 Å². The van der Waals surface area contributed by atoms with Gasteiger partial charge in [-0.3, -0.25) is 4.79 Å². The molecule has 1 amide bonds. The average molecular weight is 255 g/mol. The second kappa shape index (κ2) is 4.61. The number of aromatic nitrogens is 2. The minimum absolute atomic E-state index is 0.219. The van der Waals surface area contributed by atoms with Crippen LogP contribution in [0.5, 0.6) is 0 Å². The van der Waals surface area contributed by atoms with Crippen molar-refractivity contribution in [3.8, 4) is 0 Å². The fourth-order valence-electron chi connectivity index (χ4n) is 2.03. The maximum atomic E-state index is 12.1. The van der Waals surface area contributed by atoms with Gasteiger partial charge in [0, 0.05) is 17.1 Å². The Hall–Kier alpha value is -2.56. The smallest absolute Gasteiger partial charge is 0.287 e. The predicted octanol–water partition coefficient (Wildman–Crippen LogP) is 2.39. The standard InChI is InChI=1S/C14H13N3O2/c1-9-11-4-2-3-5-12(11)19-13(9)14(18)16-7-10-6-15-8-17-10/h2-6,8H,7H2,1H3,(H,15,17)(H,16,18). The summed E-state index contributed by atoms with van der Waals surface area (Å²) in [5.74, 6) is 0.143. The molecule has 0 aliphatic heterocycles. The molecule has 1 aromatic carbocycles. The minimum Gasteiger partial charge on any atom is -0.451 e. The van der Waals surface area contributed by atoms with Crippen molar-refractivity contribution in [3.05, 3.63) is 53.8 Å². The van der Waals surface area contributed by atoms with Gasteiger partial charge in [0.2, 0.25) is 0 Å². The first-order valence-corrected chi connectivity index (χ1v) is 5.99. The molecule has 2 heterocycles. The molecule has 5 heteroatoms. The van der Waals surface area contributed by atoms with Gasteiger partial charge in [0.15, 0.2) is 5.76 Å². The Balaban J connectivity index is 1.83. The summed E-state index contributed by atoms with van der Waals surface area (Å²) in [6.07, 6.45) is 3.25. The molecule has 2 aromatic heterocycles. The number of benzene rings is 1. The van der Waals surface area contributed by atoms with Crippen LogP contribution in [0.3, 0.4) is 0 Å². The van der Waals surface area contributed by atoms with Gasteiger partial charge in [0.05, 0.1) is 18.6 Å². The number of carbonyl (C=O) groups excluding carboxylic acids is 1. The predicted molar refractivity (Wildman–Crippen MR) is 70.7 cm³/mol. The zero-order valence-corrected chi connectivity index (χ0v) is 10.4. The molecule has 0 fully saturated rings. The first-order valence-electron chi connectivity index (χ1n) is 5.99. The SMILES string of the molecule is Cc1c(C(=O)NCc2cnc[nH]2)oc2ccccc12. The number of hydrogen-bond acceptors (Lipinski definition) is 3. The number of aryl methyl sites for hydroxylation is 1. The monoisotopic (exact) mass is 255 g/mol. The van der Waals surface area contributed by atoms with E-state index in [0.717, 1.165) is 22.2 Å². The molecule has 2 N–H and O–H groups in total. The highest BCUT2D eigenvalue weighted by Crippen LogP contribution is 2.24. The van der Waals surface area contributed by atoms with E-state index < -0.39 is 0 Å². The molecule has 0 aliphatic carbocycles. The van der Waals surface area contributed by atoms with Crippen LogP contribution in [0.4, 0.5) is 0 Å². The Labute approximate surface area is 109 Å². The van der Waals surface area contributed by atoms with Gasteiger partial charge in [-0.1, -0.05) is 18.2 Å². The molecule has 5 nitrogen and oxygen atoms in total. The third-order valence-electron chi connectivity index (χ3n) is 3.04. The van der Waals surface area contributed by atoms with Crippen LogP contribution in [0.2, 0.25) is 0 Å². The fraction of sp³-hybridized carbons (Fsp3) is 0.143. The van der Waals surface area contributed by atoms with Crippen molar-refractivity contribution in [1.29, 1.82) is 0 Å². The summed E-state index contributed by atoms with van der Waals surface area (Å²) in [6, 6.07) is 7.61. The lowest BCUT2D eigenvalue weighted by atomic mass is 10.1. The highest BCUT2D eigenvalue weighted by Gasteiger charge is 2.16.